The van der Waals surface area contributed by atoms with Crippen molar-refractivity contribution in [3.8, 4) is 11.1 Å². The number of hydrogen-bond donors (Lipinski definition) is 0. The first kappa shape index (κ1) is 14.6. The maximum absolute atomic E-state index is 13.3. The number of aromatic nitrogens is 2. The molecule has 0 saturated carbocycles. The van der Waals surface area contributed by atoms with Crippen molar-refractivity contribution in [2.24, 2.45) is 0 Å². The van der Waals surface area contributed by atoms with Crippen molar-refractivity contribution in [1.82, 2.24) is 9.38 Å². The first-order valence-corrected chi connectivity index (χ1v) is 6.49. The summed E-state index contributed by atoms with van der Waals surface area (Å²) in [5.74, 6) is -0.508. The van der Waals surface area contributed by atoms with Crippen LogP contribution >= 0.6 is 11.6 Å². The fraction of sp³-hybridized carbons (Fsp3) is 0.143. The molecule has 0 aromatic carbocycles. The zero-order valence-corrected chi connectivity index (χ0v) is 11.9. The first-order chi connectivity index (χ1) is 10.3. The van der Waals surface area contributed by atoms with E-state index in [-0.39, 0.29) is 16.4 Å². The van der Waals surface area contributed by atoms with Crippen LogP contribution in [0, 0.1) is 0 Å². The second-order valence-corrected chi connectivity index (χ2v) is 5.01. The monoisotopic (exact) mass is 328 g/mol. The summed E-state index contributed by atoms with van der Waals surface area (Å²) < 4.78 is 45.8. The SMILES string of the molecule is CC(=O)c1nc2c(C(F)(F)F)cc(-c3ccoc3)cn2c1Cl. The number of alkyl halides is 3. The summed E-state index contributed by atoms with van der Waals surface area (Å²) in [5, 5.41) is -0.154. The topological polar surface area (TPSA) is 47.5 Å². The standard InChI is InChI=1S/C14H8ClF3N2O2/c1-7(21)11-12(15)20-5-9(8-2-3-22-6-8)4-10(13(20)19-11)14(16,17)18/h2-6H,1H3. The molecule has 0 aliphatic heterocycles. The number of furan rings is 1. The van der Waals surface area contributed by atoms with Crippen molar-refractivity contribution in [3.63, 3.8) is 0 Å². The van der Waals surface area contributed by atoms with Gasteiger partial charge in [0.2, 0.25) is 0 Å². The highest BCUT2D eigenvalue weighted by atomic mass is 35.5. The molecule has 0 N–H and O–H groups in total. The van der Waals surface area contributed by atoms with E-state index in [2.05, 4.69) is 4.98 Å². The van der Waals surface area contributed by atoms with Gasteiger partial charge in [-0.15, -0.1) is 0 Å². The molecule has 0 unspecified atom stereocenters. The Bertz CT molecular complexity index is 866. The molecule has 0 spiro atoms. The molecule has 0 saturated heterocycles. The summed E-state index contributed by atoms with van der Waals surface area (Å²) in [7, 11) is 0. The lowest BCUT2D eigenvalue weighted by Gasteiger charge is -2.10. The van der Waals surface area contributed by atoms with Gasteiger partial charge in [-0.1, -0.05) is 11.6 Å². The van der Waals surface area contributed by atoms with E-state index in [1.165, 1.54) is 31.7 Å². The normalized spacial score (nSPS) is 12.0. The maximum Gasteiger partial charge on any atom is 0.420 e. The van der Waals surface area contributed by atoms with Gasteiger partial charge in [-0.05, 0) is 12.1 Å². The van der Waals surface area contributed by atoms with Crippen LogP contribution in [0.25, 0.3) is 16.8 Å². The second-order valence-electron chi connectivity index (χ2n) is 4.65. The summed E-state index contributed by atoms with van der Waals surface area (Å²) in [6.45, 7) is 1.19. The zero-order valence-electron chi connectivity index (χ0n) is 11.1. The smallest absolute Gasteiger partial charge is 0.420 e. The Kier molecular flexibility index (Phi) is 3.25. The number of nitrogens with zero attached hydrogens (tertiary/aromatic N) is 2. The molecule has 3 aromatic heterocycles. The number of carbonyl (C=O) groups excluding carboxylic acids is 1. The third-order valence-corrected chi connectivity index (χ3v) is 3.52. The van der Waals surface area contributed by atoms with E-state index in [0.717, 1.165) is 10.5 Å². The van der Waals surface area contributed by atoms with E-state index in [1.54, 1.807) is 0 Å². The van der Waals surface area contributed by atoms with Gasteiger partial charge in [-0.3, -0.25) is 9.20 Å². The van der Waals surface area contributed by atoms with Crippen molar-refractivity contribution >= 4 is 23.0 Å². The number of fused-ring (bicyclic) bond motifs is 1. The molecule has 3 heterocycles. The molecule has 0 radical (unpaired) electrons. The van der Waals surface area contributed by atoms with E-state index in [9.17, 15) is 18.0 Å². The number of pyridine rings is 1. The van der Waals surface area contributed by atoms with Crippen LogP contribution in [0.1, 0.15) is 23.0 Å². The molecule has 3 rings (SSSR count). The van der Waals surface area contributed by atoms with Crippen molar-refractivity contribution in [2.45, 2.75) is 13.1 Å². The number of Topliss-reactive ketones (excluding diaryl/α,β-unsaturated/α-hetero) is 1. The highest BCUT2D eigenvalue weighted by Crippen LogP contribution is 2.37. The average Bonchev–Trinajstić information content (AvgIpc) is 3.05. The van der Waals surface area contributed by atoms with Crippen molar-refractivity contribution in [1.29, 1.82) is 0 Å². The third kappa shape index (κ3) is 2.27. The molecule has 8 heteroatoms. The van der Waals surface area contributed by atoms with Crippen LogP contribution in [-0.2, 0) is 6.18 Å². The molecule has 0 aliphatic rings. The van der Waals surface area contributed by atoms with Gasteiger partial charge in [-0.2, -0.15) is 13.2 Å². The number of halogens is 4. The van der Waals surface area contributed by atoms with Crippen LogP contribution in [0.3, 0.4) is 0 Å². The molecule has 0 atom stereocenters. The highest BCUT2D eigenvalue weighted by Gasteiger charge is 2.35. The molecule has 0 fully saturated rings. The van der Waals surface area contributed by atoms with Crippen LogP contribution < -0.4 is 0 Å². The Balaban J connectivity index is 2.39. The number of carbonyl (C=O) groups is 1. The summed E-state index contributed by atoms with van der Waals surface area (Å²) >= 11 is 6.00. The summed E-state index contributed by atoms with van der Waals surface area (Å²) in [4.78, 5) is 15.2. The molecule has 4 nitrogen and oxygen atoms in total. The summed E-state index contributed by atoms with van der Waals surface area (Å²) in [5.41, 5.74) is -0.864. The van der Waals surface area contributed by atoms with Crippen LogP contribution in [-0.4, -0.2) is 15.2 Å². The number of rotatable bonds is 2. The molecule has 22 heavy (non-hydrogen) atoms. The quantitative estimate of drug-likeness (QED) is 0.652. The summed E-state index contributed by atoms with van der Waals surface area (Å²) in [6.07, 6.45) is -0.581. The minimum Gasteiger partial charge on any atom is -0.472 e. The lowest BCUT2D eigenvalue weighted by Crippen LogP contribution is -2.08. The lowest BCUT2D eigenvalue weighted by atomic mass is 10.1. The van der Waals surface area contributed by atoms with Crippen LogP contribution in [0.15, 0.2) is 35.3 Å². The second kappa shape index (κ2) is 4.88. The van der Waals surface area contributed by atoms with Crippen LogP contribution in [0.4, 0.5) is 13.2 Å². The highest BCUT2D eigenvalue weighted by molar-refractivity contribution is 6.33. The molecule has 114 valence electrons. The van der Waals surface area contributed by atoms with Gasteiger partial charge in [0.1, 0.15) is 10.8 Å². The van der Waals surface area contributed by atoms with E-state index in [4.69, 9.17) is 16.0 Å². The van der Waals surface area contributed by atoms with Crippen LogP contribution in [0.5, 0.6) is 0 Å². The Morgan fingerprint density at radius 3 is 2.64 bits per heavy atom. The van der Waals surface area contributed by atoms with Gasteiger partial charge < -0.3 is 4.42 Å². The number of ketones is 1. The molecular formula is C14H8ClF3N2O2. The van der Waals surface area contributed by atoms with Gasteiger partial charge >= 0.3 is 6.18 Å². The Morgan fingerprint density at radius 2 is 2.09 bits per heavy atom. The van der Waals surface area contributed by atoms with E-state index < -0.39 is 23.2 Å². The van der Waals surface area contributed by atoms with Crippen molar-refractivity contribution in [2.75, 3.05) is 0 Å². The Morgan fingerprint density at radius 1 is 1.36 bits per heavy atom. The lowest BCUT2D eigenvalue weighted by molar-refractivity contribution is -0.136. The van der Waals surface area contributed by atoms with E-state index >= 15 is 0 Å². The van der Waals surface area contributed by atoms with Gasteiger partial charge in [0.15, 0.2) is 11.4 Å². The zero-order chi connectivity index (χ0) is 16.1. The molecule has 0 aliphatic carbocycles. The predicted octanol–water partition coefficient (Wildman–Crippen LogP) is 4.47. The first-order valence-electron chi connectivity index (χ1n) is 6.11. The average molecular weight is 329 g/mol. The maximum atomic E-state index is 13.3. The van der Waals surface area contributed by atoms with Gasteiger partial charge in [0.05, 0.1) is 18.1 Å². The molecular weight excluding hydrogens is 321 g/mol. The Hall–Kier alpha value is -2.28. The number of imidazole rings is 1. The number of hydrogen-bond acceptors (Lipinski definition) is 3. The van der Waals surface area contributed by atoms with Gasteiger partial charge in [0.25, 0.3) is 0 Å². The van der Waals surface area contributed by atoms with Crippen molar-refractivity contribution in [3.05, 3.63) is 47.3 Å². The van der Waals surface area contributed by atoms with Gasteiger partial charge in [-0.25, -0.2) is 4.98 Å². The molecule has 3 aromatic rings. The fourth-order valence-corrected chi connectivity index (χ4v) is 2.44. The Labute approximate surface area is 127 Å². The van der Waals surface area contributed by atoms with E-state index in [0.29, 0.717) is 5.56 Å². The molecule has 0 amide bonds. The van der Waals surface area contributed by atoms with E-state index in [1.807, 2.05) is 0 Å². The van der Waals surface area contributed by atoms with Crippen molar-refractivity contribution < 1.29 is 22.4 Å². The van der Waals surface area contributed by atoms with Crippen LogP contribution in [0.2, 0.25) is 5.15 Å². The third-order valence-electron chi connectivity index (χ3n) is 3.16. The predicted molar refractivity (Wildman–Crippen MR) is 72.9 cm³/mol. The minimum absolute atomic E-state index is 0.154. The fourth-order valence-electron chi connectivity index (χ4n) is 2.14. The molecule has 0 bridgehead atoms. The summed E-state index contributed by atoms with van der Waals surface area (Å²) in [6, 6.07) is 2.48. The largest absolute Gasteiger partial charge is 0.472 e. The van der Waals surface area contributed by atoms with Gasteiger partial charge in [0, 0.05) is 24.2 Å². The minimum atomic E-state index is -4.64.